The van der Waals surface area contributed by atoms with Gasteiger partial charge in [-0.2, -0.15) is 15.3 Å². The minimum atomic E-state index is -0.542. The molecular weight excluding hydrogens is 445 g/mol. The first kappa shape index (κ1) is 22.4. The van der Waals surface area contributed by atoms with Gasteiger partial charge in [-0.3, -0.25) is 0 Å². The van der Waals surface area contributed by atoms with Crippen LogP contribution in [0, 0.1) is 0 Å². The van der Waals surface area contributed by atoms with Crippen molar-refractivity contribution >= 4 is 65.0 Å². The number of carbonyl (C=O) groups is 1. The second-order valence-electron chi connectivity index (χ2n) is 6.09. The number of hydrazone groups is 2. The largest absolute Gasteiger partial charge is 0.375 e. The van der Waals surface area contributed by atoms with Crippen LogP contribution in [0.3, 0.4) is 0 Å². The Morgan fingerprint density at radius 2 is 2.10 bits per heavy atom. The van der Waals surface area contributed by atoms with Gasteiger partial charge in [0.2, 0.25) is 0 Å². The molecule has 162 valence electrons. The molecule has 13 heteroatoms. The van der Waals surface area contributed by atoms with Crippen molar-refractivity contribution in [1.82, 2.24) is 19.6 Å². The monoisotopic (exact) mass is 463 g/mol. The maximum Gasteiger partial charge on any atom is 0.323 e. The average molecular weight is 464 g/mol. The molecule has 2 amide bonds. The van der Waals surface area contributed by atoms with E-state index in [1.807, 2.05) is 6.92 Å². The summed E-state index contributed by atoms with van der Waals surface area (Å²) in [6.07, 6.45) is 4.03. The van der Waals surface area contributed by atoms with E-state index in [2.05, 4.69) is 42.6 Å². The van der Waals surface area contributed by atoms with Gasteiger partial charge in [0.1, 0.15) is 0 Å². The number of nitrogens with one attached hydrogen (secondary N) is 2. The summed E-state index contributed by atoms with van der Waals surface area (Å²) in [7, 11) is 1.55. The molecule has 3 heterocycles. The van der Waals surface area contributed by atoms with E-state index in [-0.39, 0.29) is 16.0 Å². The molecule has 3 rings (SSSR count). The molecule has 0 bridgehead atoms. The van der Waals surface area contributed by atoms with Crippen molar-refractivity contribution in [1.29, 1.82) is 0 Å². The van der Waals surface area contributed by atoms with Crippen molar-refractivity contribution in [3.8, 4) is 0 Å². The zero-order valence-electron chi connectivity index (χ0n) is 16.9. The average Bonchev–Trinajstić information content (AvgIpc) is 3.12. The van der Waals surface area contributed by atoms with Crippen LogP contribution in [0.4, 0.5) is 22.0 Å². The van der Waals surface area contributed by atoms with Crippen LogP contribution in [0.5, 0.6) is 0 Å². The van der Waals surface area contributed by atoms with Crippen molar-refractivity contribution in [2.45, 2.75) is 20.0 Å². The van der Waals surface area contributed by atoms with Crippen LogP contribution in [-0.4, -0.2) is 45.7 Å². The summed E-state index contributed by atoms with van der Waals surface area (Å²) in [4.78, 5) is 21.0. The second-order valence-corrected chi connectivity index (χ2v) is 6.88. The van der Waals surface area contributed by atoms with E-state index in [4.69, 9.17) is 27.9 Å². The smallest absolute Gasteiger partial charge is 0.323 e. The first-order valence-electron chi connectivity index (χ1n) is 8.93. The lowest BCUT2D eigenvalue weighted by Crippen LogP contribution is -2.22. The fourth-order valence-corrected chi connectivity index (χ4v) is 3.14. The number of nitrogens with zero attached hydrogens (tertiary/aromatic N) is 7. The molecule has 0 spiro atoms. The number of carbonyl (C=O) groups excluding carboxylic acids is 1. The summed E-state index contributed by atoms with van der Waals surface area (Å²) in [5.41, 5.74) is 1.85. The fourth-order valence-electron chi connectivity index (χ4n) is 2.72. The van der Waals surface area contributed by atoms with E-state index in [0.717, 1.165) is 0 Å². The Hall–Kier alpha value is -3.28. The van der Waals surface area contributed by atoms with Crippen LogP contribution in [0.2, 0.25) is 10.2 Å². The van der Waals surface area contributed by atoms with Crippen molar-refractivity contribution < 1.29 is 9.53 Å². The van der Waals surface area contributed by atoms with E-state index in [0.29, 0.717) is 22.7 Å². The van der Waals surface area contributed by atoms with Crippen molar-refractivity contribution in [2.75, 3.05) is 22.9 Å². The third-order valence-corrected chi connectivity index (χ3v) is 4.57. The van der Waals surface area contributed by atoms with Gasteiger partial charge < -0.3 is 15.4 Å². The van der Waals surface area contributed by atoms with Crippen LogP contribution in [0.1, 0.15) is 25.6 Å². The van der Waals surface area contributed by atoms with Crippen LogP contribution >= 0.6 is 23.2 Å². The van der Waals surface area contributed by atoms with Crippen molar-refractivity contribution in [2.24, 2.45) is 10.2 Å². The first-order chi connectivity index (χ1) is 14.9. The lowest BCUT2D eigenvalue weighted by Gasteiger charge is -2.17. The lowest BCUT2D eigenvalue weighted by molar-refractivity contribution is 0.114. The molecule has 0 aromatic carbocycles. The molecule has 1 atom stereocenters. The molecule has 31 heavy (non-hydrogen) atoms. The molecule has 0 aliphatic heterocycles. The number of amides is 2. The number of urea groups is 1. The summed E-state index contributed by atoms with van der Waals surface area (Å²) >= 11 is 12.2. The third kappa shape index (κ3) is 4.90. The summed E-state index contributed by atoms with van der Waals surface area (Å²) < 4.78 is 6.93. The molecule has 3 aromatic rings. The predicted molar refractivity (Wildman–Crippen MR) is 122 cm³/mol. The lowest BCUT2D eigenvalue weighted by atomic mass is 10.2. The minimum Gasteiger partial charge on any atom is -0.375 e. The normalized spacial score (nSPS) is 12.2. The number of fused-ring (bicyclic) bond motifs is 1. The number of aromatic nitrogens is 4. The van der Waals surface area contributed by atoms with Crippen LogP contribution in [0.25, 0.3) is 5.65 Å². The Morgan fingerprint density at radius 3 is 2.74 bits per heavy atom. The maximum atomic E-state index is 12.6. The van der Waals surface area contributed by atoms with Gasteiger partial charge in [-0.15, -0.1) is 5.12 Å². The van der Waals surface area contributed by atoms with Crippen LogP contribution in [-0.2, 0) is 4.74 Å². The van der Waals surface area contributed by atoms with Gasteiger partial charge in [0.25, 0.3) is 0 Å². The SMILES string of the molecule is C=NN(/N=C\C)c1ncc(NC(=O)Nc2cnc3cc(Cl)nn3c2[C@H](C)OC)cc1Cl. The minimum absolute atomic E-state index is 0.221. The Bertz CT molecular complexity index is 1150. The molecule has 0 radical (unpaired) electrons. The van der Waals surface area contributed by atoms with Gasteiger partial charge in [-0.1, -0.05) is 23.2 Å². The highest BCUT2D eigenvalue weighted by Crippen LogP contribution is 2.28. The van der Waals surface area contributed by atoms with E-state index in [1.165, 1.54) is 34.3 Å². The third-order valence-electron chi connectivity index (χ3n) is 4.11. The maximum absolute atomic E-state index is 12.6. The van der Waals surface area contributed by atoms with Gasteiger partial charge in [-0.05, 0) is 19.9 Å². The predicted octanol–water partition coefficient (Wildman–Crippen LogP) is 4.21. The van der Waals surface area contributed by atoms with E-state index >= 15 is 0 Å². The number of hydrogen-bond acceptors (Lipinski definition) is 8. The molecule has 0 aliphatic rings. The Morgan fingerprint density at radius 1 is 1.32 bits per heavy atom. The van der Waals surface area contributed by atoms with Gasteiger partial charge in [0.15, 0.2) is 16.6 Å². The number of rotatable bonds is 7. The zero-order chi connectivity index (χ0) is 22.5. The van der Waals surface area contributed by atoms with Crippen LogP contribution in [0.15, 0.2) is 34.7 Å². The van der Waals surface area contributed by atoms with Gasteiger partial charge >= 0.3 is 6.03 Å². The van der Waals surface area contributed by atoms with E-state index < -0.39 is 12.1 Å². The molecule has 11 nitrogen and oxygen atoms in total. The van der Waals surface area contributed by atoms with Gasteiger partial charge in [0, 0.05) is 26.1 Å². The number of halogens is 2. The summed E-state index contributed by atoms with van der Waals surface area (Å²) in [6.45, 7) is 6.95. The number of hydrogen-bond donors (Lipinski definition) is 2. The molecule has 3 aromatic heterocycles. The summed E-state index contributed by atoms with van der Waals surface area (Å²) in [5, 5.41) is 19.0. The highest BCUT2D eigenvalue weighted by atomic mass is 35.5. The molecule has 0 saturated heterocycles. The van der Waals surface area contributed by atoms with Crippen LogP contribution < -0.4 is 15.8 Å². The van der Waals surface area contributed by atoms with Crippen molar-refractivity contribution in [3.63, 3.8) is 0 Å². The molecule has 0 unspecified atom stereocenters. The number of pyridine rings is 1. The molecule has 0 fully saturated rings. The first-order valence-corrected chi connectivity index (χ1v) is 9.69. The highest BCUT2D eigenvalue weighted by molar-refractivity contribution is 6.33. The molecule has 2 N–H and O–H groups in total. The second kappa shape index (κ2) is 9.69. The van der Waals surface area contributed by atoms with E-state index in [1.54, 1.807) is 20.1 Å². The quantitative estimate of drug-likeness (QED) is 0.399. The number of ether oxygens (including phenoxy) is 1. The highest BCUT2D eigenvalue weighted by Gasteiger charge is 2.19. The molecule has 0 aliphatic carbocycles. The Labute approximate surface area is 187 Å². The van der Waals surface area contributed by atoms with E-state index in [9.17, 15) is 4.79 Å². The fraction of sp³-hybridized carbons (Fsp3) is 0.222. The standard InChI is InChI=1S/C18H19Cl2N9O2/c1-5-24-29(21-3)17-12(19)6-11(8-23-17)25-18(30)26-13-9-22-15-7-14(20)27-28(15)16(13)10(2)31-4/h5-10H,3H2,1-2,4H3,(H2,25,26,30)/b24-5-/t10-/m0/s1. The Balaban J connectivity index is 1.83. The summed E-state index contributed by atoms with van der Waals surface area (Å²) in [5.74, 6) is 0.266. The number of anilines is 3. The Kier molecular flexibility index (Phi) is 7.00. The number of methoxy groups -OCH3 is 1. The zero-order valence-corrected chi connectivity index (χ0v) is 18.4. The van der Waals surface area contributed by atoms with Gasteiger partial charge in [0.05, 0.1) is 40.6 Å². The molecule has 0 saturated carbocycles. The summed E-state index contributed by atoms with van der Waals surface area (Å²) in [6, 6.07) is 2.58. The topological polar surface area (TPSA) is 121 Å². The molecular formula is C18H19Cl2N9O2. The van der Waals surface area contributed by atoms with Crippen molar-refractivity contribution in [3.05, 3.63) is 40.4 Å². The van der Waals surface area contributed by atoms with Gasteiger partial charge in [-0.25, -0.2) is 19.3 Å².